The fraction of sp³-hybridized carbons (Fsp3) is 0.417. The molecule has 0 atom stereocenters. The first-order valence-corrected chi connectivity index (χ1v) is 6.03. The molecule has 0 aliphatic heterocycles. The fourth-order valence-electron chi connectivity index (χ4n) is 1.78. The van der Waals surface area contributed by atoms with Crippen LogP contribution in [0.4, 0.5) is 10.1 Å². The van der Waals surface area contributed by atoms with Gasteiger partial charge in [-0.3, -0.25) is 0 Å². The highest BCUT2D eigenvalue weighted by Crippen LogP contribution is 2.24. The monoisotopic (exact) mass is 265 g/mol. The third-order valence-corrected chi connectivity index (χ3v) is 2.76. The van der Waals surface area contributed by atoms with Gasteiger partial charge in [0.1, 0.15) is 5.82 Å². The number of nitrogens with zero attached hydrogens (tertiary/aromatic N) is 4. The van der Waals surface area contributed by atoms with Crippen LogP contribution in [0.2, 0.25) is 0 Å². The fourth-order valence-corrected chi connectivity index (χ4v) is 1.78. The highest BCUT2D eigenvalue weighted by Gasteiger charge is 2.12. The van der Waals surface area contributed by atoms with Crippen LogP contribution in [0.1, 0.15) is 12.8 Å². The van der Waals surface area contributed by atoms with Crippen LogP contribution in [-0.2, 0) is 11.3 Å². The first-order valence-electron chi connectivity index (χ1n) is 6.03. The van der Waals surface area contributed by atoms with Crippen molar-refractivity contribution in [2.45, 2.75) is 19.4 Å². The maximum Gasteiger partial charge on any atom is 0.184 e. The van der Waals surface area contributed by atoms with Crippen molar-refractivity contribution in [3.63, 3.8) is 0 Å². The Hall–Kier alpha value is -2.02. The highest BCUT2D eigenvalue weighted by molar-refractivity contribution is 5.71. The van der Waals surface area contributed by atoms with E-state index in [0.29, 0.717) is 30.2 Å². The second-order valence-corrected chi connectivity index (χ2v) is 4.16. The molecule has 1 aromatic heterocycles. The van der Waals surface area contributed by atoms with Crippen molar-refractivity contribution in [3.8, 4) is 11.4 Å². The average Bonchev–Trinajstić information content (AvgIpc) is 2.86. The summed E-state index contributed by atoms with van der Waals surface area (Å²) >= 11 is 0. The van der Waals surface area contributed by atoms with Crippen LogP contribution in [0.15, 0.2) is 18.2 Å². The van der Waals surface area contributed by atoms with Crippen molar-refractivity contribution in [2.75, 3.05) is 19.5 Å². The van der Waals surface area contributed by atoms with E-state index in [2.05, 4.69) is 15.5 Å². The summed E-state index contributed by atoms with van der Waals surface area (Å²) < 4.78 is 19.9. The van der Waals surface area contributed by atoms with Gasteiger partial charge in [-0.2, -0.15) is 0 Å². The number of halogens is 1. The van der Waals surface area contributed by atoms with Crippen LogP contribution in [0, 0.1) is 5.82 Å². The summed E-state index contributed by atoms with van der Waals surface area (Å²) in [4.78, 5) is 0. The van der Waals surface area contributed by atoms with Crippen LogP contribution in [0.25, 0.3) is 11.4 Å². The molecule has 2 rings (SSSR count). The number of methoxy groups -OCH3 is 1. The molecule has 0 saturated carbocycles. The Morgan fingerprint density at radius 1 is 1.37 bits per heavy atom. The summed E-state index contributed by atoms with van der Waals surface area (Å²) in [6, 6.07) is 4.16. The molecule has 0 saturated heterocycles. The Morgan fingerprint density at radius 3 is 3.00 bits per heavy atom. The lowest BCUT2D eigenvalue weighted by Gasteiger charge is -2.07. The predicted molar refractivity (Wildman–Crippen MR) is 68.7 cm³/mol. The van der Waals surface area contributed by atoms with Crippen molar-refractivity contribution in [1.82, 2.24) is 20.2 Å². The number of unbranched alkanes of at least 4 members (excludes halogenated alkanes) is 1. The highest BCUT2D eigenvalue weighted by atomic mass is 19.1. The number of benzene rings is 1. The van der Waals surface area contributed by atoms with Gasteiger partial charge in [0, 0.05) is 31.5 Å². The topological polar surface area (TPSA) is 78.8 Å². The molecule has 2 aromatic rings. The number of nitrogens with two attached hydrogens (primary N) is 1. The zero-order chi connectivity index (χ0) is 13.7. The number of hydrogen-bond donors (Lipinski definition) is 1. The number of nitrogen functional groups attached to an aromatic ring is 1. The molecule has 6 nitrogen and oxygen atoms in total. The molecule has 0 spiro atoms. The lowest BCUT2D eigenvalue weighted by atomic mass is 10.1. The van der Waals surface area contributed by atoms with Gasteiger partial charge >= 0.3 is 0 Å². The average molecular weight is 265 g/mol. The summed E-state index contributed by atoms with van der Waals surface area (Å²) in [7, 11) is 1.66. The van der Waals surface area contributed by atoms with Gasteiger partial charge < -0.3 is 10.5 Å². The van der Waals surface area contributed by atoms with Crippen molar-refractivity contribution >= 4 is 5.69 Å². The van der Waals surface area contributed by atoms with Crippen molar-refractivity contribution < 1.29 is 9.13 Å². The molecule has 1 heterocycles. The molecule has 0 aliphatic carbocycles. The number of tetrazole rings is 1. The molecule has 2 N–H and O–H groups in total. The van der Waals surface area contributed by atoms with Gasteiger partial charge in [-0.05, 0) is 41.5 Å². The summed E-state index contributed by atoms with van der Waals surface area (Å²) in [5.41, 5.74) is 6.79. The first kappa shape index (κ1) is 13.4. The van der Waals surface area contributed by atoms with Crippen LogP contribution in [-0.4, -0.2) is 33.9 Å². The second kappa shape index (κ2) is 6.24. The number of aromatic nitrogens is 4. The summed E-state index contributed by atoms with van der Waals surface area (Å²) in [5, 5.41) is 11.4. The lowest BCUT2D eigenvalue weighted by Crippen LogP contribution is -2.05. The van der Waals surface area contributed by atoms with Crippen molar-refractivity contribution in [3.05, 3.63) is 24.0 Å². The van der Waals surface area contributed by atoms with E-state index in [-0.39, 0.29) is 5.82 Å². The predicted octanol–water partition coefficient (Wildman–Crippen LogP) is 1.49. The van der Waals surface area contributed by atoms with E-state index < -0.39 is 0 Å². The zero-order valence-corrected chi connectivity index (χ0v) is 10.7. The molecule has 0 fully saturated rings. The molecule has 1 aromatic carbocycles. The Balaban J connectivity index is 2.16. The maximum atomic E-state index is 13.3. The van der Waals surface area contributed by atoms with Gasteiger partial charge in [-0.15, -0.1) is 5.10 Å². The Bertz CT molecular complexity index is 543. The molecule has 0 radical (unpaired) electrons. The minimum Gasteiger partial charge on any atom is -0.398 e. The molecule has 7 heteroatoms. The van der Waals surface area contributed by atoms with Gasteiger partial charge in [0.05, 0.1) is 0 Å². The summed E-state index contributed by atoms with van der Waals surface area (Å²) in [6.07, 6.45) is 1.79. The molecular formula is C12H16FN5O. The van der Waals surface area contributed by atoms with E-state index in [1.165, 1.54) is 18.2 Å². The van der Waals surface area contributed by atoms with Crippen LogP contribution in [0.5, 0.6) is 0 Å². The quantitative estimate of drug-likeness (QED) is 0.632. The van der Waals surface area contributed by atoms with E-state index in [9.17, 15) is 4.39 Å². The van der Waals surface area contributed by atoms with E-state index >= 15 is 0 Å². The third kappa shape index (κ3) is 3.25. The van der Waals surface area contributed by atoms with Crippen LogP contribution < -0.4 is 5.73 Å². The van der Waals surface area contributed by atoms with Crippen LogP contribution >= 0.6 is 0 Å². The second-order valence-electron chi connectivity index (χ2n) is 4.16. The van der Waals surface area contributed by atoms with Gasteiger partial charge in [0.25, 0.3) is 0 Å². The largest absolute Gasteiger partial charge is 0.398 e. The maximum absolute atomic E-state index is 13.3. The molecular weight excluding hydrogens is 249 g/mol. The smallest absolute Gasteiger partial charge is 0.184 e. The molecule has 0 aliphatic rings. The molecule has 0 amide bonds. The van der Waals surface area contributed by atoms with E-state index in [4.69, 9.17) is 10.5 Å². The molecule has 102 valence electrons. The number of ether oxygens (including phenoxy) is 1. The summed E-state index contributed by atoms with van der Waals surface area (Å²) in [5.74, 6) is 0.118. The van der Waals surface area contributed by atoms with E-state index in [0.717, 1.165) is 12.8 Å². The third-order valence-electron chi connectivity index (χ3n) is 2.76. The van der Waals surface area contributed by atoms with E-state index in [1.807, 2.05) is 0 Å². The standard InChI is InChI=1S/C12H16FN5O/c1-19-7-3-2-6-18-12(15-16-17-18)10-8-9(13)4-5-11(10)14/h4-5,8H,2-3,6-7,14H2,1H3. The molecule has 19 heavy (non-hydrogen) atoms. The van der Waals surface area contributed by atoms with Gasteiger partial charge in [0.2, 0.25) is 0 Å². The Morgan fingerprint density at radius 2 is 2.21 bits per heavy atom. The van der Waals surface area contributed by atoms with Crippen LogP contribution in [0.3, 0.4) is 0 Å². The first-order chi connectivity index (χ1) is 9.22. The number of anilines is 1. The number of rotatable bonds is 6. The zero-order valence-electron chi connectivity index (χ0n) is 10.7. The van der Waals surface area contributed by atoms with Gasteiger partial charge in [-0.25, -0.2) is 9.07 Å². The normalized spacial score (nSPS) is 10.8. The molecule has 0 bridgehead atoms. The SMILES string of the molecule is COCCCCn1nnnc1-c1cc(F)ccc1N. The minimum absolute atomic E-state index is 0.363. The van der Waals surface area contributed by atoms with Gasteiger partial charge in [-0.1, -0.05) is 0 Å². The number of aryl methyl sites for hydroxylation is 1. The van der Waals surface area contributed by atoms with Crippen molar-refractivity contribution in [2.24, 2.45) is 0 Å². The van der Waals surface area contributed by atoms with E-state index in [1.54, 1.807) is 11.8 Å². The lowest BCUT2D eigenvalue weighted by molar-refractivity contribution is 0.191. The Labute approximate surface area is 110 Å². The molecule has 0 unspecified atom stereocenters. The minimum atomic E-state index is -0.363. The van der Waals surface area contributed by atoms with Gasteiger partial charge in [0.15, 0.2) is 5.82 Å². The summed E-state index contributed by atoms with van der Waals surface area (Å²) in [6.45, 7) is 1.33. The number of hydrogen-bond acceptors (Lipinski definition) is 5. The van der Waals surface area contributed by atoms with Crippen molar-refractivity contribution in [1.29, 1.82) is 0 Å². The Kier molecular flexibility index (Phi) is 4.40.